The van der Waals surface area contributed by atoms with Gasteiger partial charge < -0.3 is 4.42 Å². The molecule has 2 nitrogen and oxygen atoms in total. The van der Waals surface area contributed by atoms with Gasteiger partial charge in [-0.2, -0.15) is 0 Å². The second-order valence-electron chi connectivity index (χ2n) is 4.84. The summed E-state index contributed by atoms with van der Waals surface area (Å²) in [5.74, 6) is 0.602. The standard InChI is InChI=1S/C16H12FNO/c17-12-5-6-14-11(7-12)8-15(19-14)16-13-4-2-1-3-10(13)9-18-16/h1-8,16,18H,9H2. The molecule has 1 N–H and O–H groups in total. The molecule has 3 heteroatoms. The van der Waals surface area contributed by atoms with E-state index in [9.17, 15) is 4.39 Å². The first kappa shape index (κ1) is 10.8. The van der Waals surface area contributed by atoms with E-state index in [1.807, 2.05) is 18.2 Å². The Balaban J connectivity index is 1.83. The number of nitrogens with one attached hydrogen (secondary N) is 1. The van der Waals surface area contributed by atoms with Crippen molar-refractivity contribution in [2.45, 2.75) is 12.6 Å². The third kappa shape index (κ3) is 1.66. The molecule has 0 aliphatic carbocycles. The topological polar surface area (TPSA) is 25.2 Å². The molecule has 0 spiro atoms. The van der Waals surface area contributed by atoms with Gasteiger partial charge >= 0.3 is 0 Å². The number of halogens is 1. The Hall–Kier alpha value is -2.13. The summed E-state index contributed by atoms with van der Waals surface area (Å²) in [6, 6.07) is 14.9. The summed E-state index contributed by atoms with van der Waals surface area (Å²) >= 11 is 0. The average Bonchev–Trinajstić information content (AvgIpc) is 3.00. The first-order valence-electron chi connectivity index (χ1n) is 6.31. The van der Waals surface area contributed by atoms with E-state index in [-0.39, 0.29) is 11.9 Å². The molecule has 2 heterocycles. The predicted octanol–water partition coefficient (Wildman–Crippen LogP) is 3.76. The first-order valence-corrected chi connectivity index (χ1v) is 6.31. The molecule has 1 unspecified atom stereocenters. The molecule has 1 aromatic heterocycles. The fourth-order valence-corrected chi connectivity index (χ4v) is 2.73. The zero-order valence-corrected chi connectivity index (χ0v) is 10.2. The summed E-state index contributed by atoms with van der Waals surface area (Å²) in [5, 5.41) is 4.23. The summed E-state index contributed by atoms with van der Waals surface area (Å²) in [6.45, 7) is 0.840. The second-order valence-corrected chi connectivity index (χ2v) is 4.84. The van der Waals surface area contributed by atoms with Crippen LogP contribution in [0.5, 0.6) is 0 Å². The molecule has 0 fully saturated rings. The van der Waals surface area contributed by atoms with Crippen LogP contribution in [0.25, 0.3) is 11.0 Å². The van der Waals surface area contributed by atoms with E-state index in [0.29, 0.717) is 0 Å². The minimum atomic E-state index is -0.236. The molecule has 0 radical (unpaired) electrons. The van der Waals surface area contributed by atoms with Gasteiger partial charge in [0.05, 0.1) is 6.04 Å². The van der Waals surface area contributed by atoms with Crippen LogP contribution in [0.15, 0.2) is 52.9 Å². The van der Waals surface area contributed by atoms with E-state index < -0.39 is 0 Å². The maximum Gasteiger partial charge on any atom is 0.134 e. The molecule has 19 heavy (non-hydrogen) atoms. The van der Waals surface area contributed by atoms with Crippen LogP contribution in [0, 0.1) is 5.82 Å². The lowest BCUT2D eigenvalue weighted by atomic mass is 10.0. The third-order valence-corrected chi connectivity index (χ3v) is 3.64. The molecule has 0 bridgehead atoms. The molecular weight excluding hydrogens is 241 g/mol. The van der Waals surface area contributed by atoms with Crippen LogP contribution in [0.2, 0.25) is 0 Å². The lowest BCUT2D eigenvalue weighted by molar-refractivity contribution is 0.489. The lowest BCUT2D eigenvalue weighted by Crippen LogP contribution is -2.12. The Kier molecular flexibility index (Phi) is 2.23. The largest absolute Gasteiger partial charge is 0.459 e. The molecule has 94 valence electrons. The molecular formula is C16H12FNO. The van der Waals surface area contributed by atoms with Crippen LogP contribution >= 0.6 is 0 Å². The Morgan fingerprint density at radius 2 is 2.00 bits per heavy atom. The zero-order chi connectivity index (χ0) is 12.8. The predicted molar refractivity (Wildman–Crippen MR) is 71.3 cm³/mol. The molecule has 0 amide bonds. The molecule has 1 aliphatic rings. The van der Waals surface area contributed by atoms with E-state index in [1.54, 1.807) is 6.07 Å². The Labute approximate surface area is 109 Å². The van der Waals surface area contributed by atoms with Crippen LogP contribution < -0.4 is 5.32 Å². The SMILES string of the molecule is Fc1ccc2oc(C3NCc4ccccc43)cc2c1. The second kappa shape index (κ2) is 3.93. The van der Waals surface area contributed by atoms with Gasteiger partial charge in [0.25, 0.3) is 0 Å². The van der Waals surface area contributed by atoms with Gasteiger partial charge in [0.2, 0.25) is 0 Å². The highest BCUT2D eigenvalue weighted by molar-refractivity contribution is 5.78. The van der Waals surface area contributed by atoms with Crippen molar-refractivity contribution >= 4 is 11.0 Å². The Bertz CT molecular complexity index is 762. The number of benzene rings is 2. The maximum atomic E-state index is 13.2. The number of fused-ring (bicyclic) bond motifs is 2. The van der Waals surface area contributed by atoms with Crippen molar-refractivity contribution < 1.29 is 8.81 Å². The van der Waals surface area contributed by atoms with Crippen LogP contribution in [0.1, 0.15) is 22.9 Å². The van der Waals surface area contributed by atoms with E-state index in [1.165, 1.54) is 23.3 Å². The molecule has 2 aromatic carbocycles. The highest BCUT2D eigenvalue weighted by Crippen LogP contribution is 2.33. The summed E-state index contributed by atoms with van der Waals surface area (Å²) < 4.78 is 19.0. The van der Waals surface area contributed by atoms with Crippen molar-refractivity contribution in [3.63, 3.8) is 0 Å². The molecule has 0 saturated heterocycles. The van der Waals surface area contributed by atoms with Crippen LogP contribution in [0.3, 0.4) is 0 Å². The number of furan rings is 1. The lowest BCUT2D eigenvalue weighted by Gasteiger charge is -2.08. The highest BCUT2D eigenvalue weighted by Gasteiger charge is 2.25. The van der Waals surface area contributed by atoms with Gasteiger partial charge in [-0.1, -0.05) is 24.3 Å². The van der Waals surface area contributed by atoms with E-state index in [2.05, 4.69) is 17.4 Å². The fourth-order valence-electron chi connectivity index (χ4n) is 2.73. The van der Waals surface area contributed by atoms with Gasteiger partial charge in [-0.15, -0.1) is 0 Å². The molecule has 1 atom stereocenters. The summed E-state index contributed by atoms with van der Waals surface area (Å²) in [5.41, 5.74) is 3.25. The molecule has 3 aromatic rings. The van der Waals surface area contributed by atoms with Crippen molar-refractivity contribution in [2.75, 3.05) is 0 Å². The van der Waals surface area contributed by atoms with E-state index in [4.69, 9.17) is 4.42 Å². The normalized spacial score (nSPS) is 17.8. The van der Waals surface area contributed by atoms with Gasteiger partial charge in [0, 0.05) is 11.9 Å². The van der Waals surface area contributed by atoms with Gasteiger partial charge in [-0.05, 0) is 35.4 Å². The van der Waals surface area contributed by atoms with Gasteiger partial charge in [-0.25, -0.2) is 4.39 Å². The third-order valence-electron chi connectivity index (χ3n) is 3.64. The maximum absolute atomic E-state index is 13.2. The molecule has 1 aliphatic heterocycles. The van der Waals surface area contributed by atoms with Crippen molar-refractivity contribution in [3.05, 3.63) is 71.2 Å². The number of hydrogen-bond donors (Lipinski definition) is 1. The molecule has 4 rings (SSSR count). The number of rotatable bonds is 1. The fraction of sp³-hybridized carbons (Fsp3) is 0.125. The zero-order valence-electron chi connectivity index (χ0n) is 10.2. The monoisotopic (exact) mass is 253 g/mol. The van der Waals surface area contributed by atoms with Crippen molar-refractivity contribution in [1.82, 2.24) is 5.32 Å². The van der Waals surface area contributed by atoms with Crippen molar-refractivity contribution in [1.29, 1.82) is 0 Å². The highest BCUT2D eigenvalue weighted by atomic mass is 19.1. The minimum absolute atomic E-state index is 0.0617. The van der Waals surface area contributed by atoms with E-state index in [0.717, 1.165) is 23.3 Å². The molecule has 0 saturated carbocycles. The summed E-state index contributed by atoms with van der Waals surface area (Å²) in [6.07, 6.45) is 0. The van der Waals surface area contributed by atoms with Crippen LogP contribution in [0.4, 0.5) is 4.39 Å². The van der Waals surface area contributed by atoms with E-state index >= 15 is 0 Å². The summed E-state index contributed by atoms with van der Waals surface area (Å²) in [4.78, 5) is 0. The van der Waals surface area contributed by atoms with Crippen molar-refractivity contribution in [3.8, 4) is 0 Å². The Morgan fingerprint density at radius 1 is 1.11 bits per heavy atom. The first-order chi connectivity index (χ1) is 9.31. The summed E-state index contributed by atoms with van der Waals surface area (Å²) in [7, 11) is 0. The van der Waals surface area contributed by atoms with Gasteiger partial charge in [0.1, 0.15) is 17.2 Å². The van der Waals surface area contributed by atoms with Crippen molar-refractivity contribution in [2.24, 2.45) is 0 Å². The van der Waals surface area contributed by atoms with Gasteiger partial charge in [-0.3, -0.25) is 5.32 Å². The number of hydrogen-bond acceptors (Lipinski definition) is 2. The average molecular weight is 253 g/mol. The van der Waals surface area contributed by atoms with Crippen LogP contribution in [-0.4, -0.2) is 0 Å². The van der Waals surface area contributed by atoms with Gasteiger partial charge in [0.15, 0.2) is 0 Å². The minimum Gasteiger partial charge on any atom is -0.459 e. The quantitative estimate of drug-likeness (QED) is 0.714. The Morgan fingerprint density at radius 3 is 2.95 bits per heavy atom. The smallest absolute Gasteiger partial charge is 0.134 e. The van der Waals surface area contributed by atoms with Crippen LogP contribution in [-0.2, 0) is 6.54 Å².